The number of rotatable bonds is 3. The molecule has 1 aromatic heterocycles. The predicted molar refractivity (Wildman–Crippen MR) is 80.3 cm³/mol. The maximum Gasteiger partial charge on any atom is 0.251 e. The monoisotopic (exact) mass is 343 g/mol. The van der Waals surface area contributed by atoms with Crippen molar-refractivity contribution < 1.29 is 22.5 Å². The minimum absolute atomic E-state index is 0.0307. The highest BCUT2D eigenvalue weighted by Gasteiger charge is 2.36. The summed E-state index contributed by atoms with van der Waals surface area (Å²) in [7, 11) is -3.64. The van der Waals surface area contributed by atoms with Crippen molar-refractivity contribution in [1.29, 1.82) is 0 Å². The van der Waals surface area contributed by atoms with Crippen molar-refractivity contribution in [2.45, 2.75) is 37.7 Å². The number of aromatic nitrogens is 1. The minimum atomic E-state index is -3.64. The van der Waals surface area contributed by atoms with Crippen LogP contribution in [0.25, 0.3) is 0 Å². The molecule has 2 saturated heterocycles. The Balaban J connectivity index is 1.68. The van der Waals surface area contributed by atoms with Crippen molar-refractivity contribution in [3.8, 4) is 0 Å². The van der Waals surface area contributed by atoms with Gasteiger partial charge in [0.05, 0.1) is 0 Å². The van der Waals surface area contributed by atoms with Gasteiger partial charge in [-0.05, 0) is 26.7 Å². The summed E-state index contributed by atoms with van der Waals surface area (Å²) in [5, 5.41) is 3.71. The fourth-order valence-corrected chi connectivity index (χ4v) is 4.81. The van der Waals surface area contributed by atoms with Gasteiger partial charge < -0.3 is 14.2 Å². The summed E-state index contributed by atoms with van der Waals surface area (Å²) in [6.45, 7) is 5.11. The maximum atomic E-state index is 12.7. The Morgan fingerprint density at radius 3 is 2.43 bits per heavy atom. The maximum absolute atomic E-state index is 12.7. The number of aryl methyl sites for hydroxylation is 2. The third kappa shape index (κ3) is 3.00. The summed E-state index contributed by atoms with van der Waals surface area (Å²) < 4.78 is 37.2. The predicted octanol–water partition coefficient (Wildman–Crippen LogP) is 0.303. The molecule has 2 aliphatic rings. The van der Waals surface area contributed by atoms with Gasteiger partial charge in [0.25, 0.3) is 5.91 Å². The molecule has 3 rings (SSSR count). The second kappa shape index (κ2) is 6.21. The van der Waals surface area contributed by atoms with Crippen molar-refractivity contribution in [3.05, 3.63) is 11.5 Å². The smallest absolute Gasteiger partial charge is 0.251 e. The average molecular weight is 343 g/mol. The number of nitrogens with zero attached hydrogens (tertiary/aromatic N) is 3. The Hall–Kier alpha value is -1.45. The van der Waals surface area contributed by atoms with Gasteiger partial charge >= 0.3 is 0 Å². The van der Waals surface area contributed by atoms with Crippen LogP contribution in [0, 0.1) is 13.8 Å². The van der Waals surface area contributed by atoms with Crippen LogP contribution >= 0.6 is 0 Å². The van der Waals surface area contributed by atoms with Crippen molar-refractivity contribution in [3.63, 3.8) is 0 Å². The molecule has 2 fully saturated rings. The lowest BCUT2D eigenvalue weighted by molar-refractivity contribution is -0.142. The number of ether oxygens (including phenoxy) is 1. The Bertz CT molecular complexity index is 666. The number of carbonyl (C=O) groups is 1. The zero-order chi connectivity index (χ0) is 16.6. The molecular weight excluding hydrogens is 322 g/mol. The lowest BCUT2D eigenvalue weighted by Gasteiger charge is -2.34. The number of sulfonamides is 1. The zero-order valence-electron chi connectivity index (χ0n) is 13.3. The molecular formula is C14H21N3O5S. The average Bonchev–Trinajstić information content (AvgIpc) is 3.17. The number of hydrogen-bond donors (Lipinski definition) is 0. The first kappa shape index (κ1) is 16.4. The molecule has 0 spiro atoms. The van der Waals surface area contributed by atoms with Crippen LogP contribution in [-0.2, 0) is 19.6 Å². The summed E-state index contributed by atoms with van der Waals surface area (Å²) >= 11 is 0. The van der Waals surface area contributed by atoms with Crippen LogP contribution in [0.2, 0.25) is 0 Å². The lowest BCUT2D eigenvalue weighted by atomic mass is 10.2. The normalized spacial score (nSPS) is 23.4. The largest absolute Gasteiger partial charge is 0.368 e. The molecule has 9 heteroatoms. The highest BCUT2D eigenvalue weighted by molar-refractivity contribution is 7.89. The van der Waals surface area contributed by atoms with Crippen molar-refractivity contribution in [1.82, 2.24) is 14.4 Å². The van der Waals surface area contributed by atoms with E-state index in [9.17, 15) is 13.2 Å². The van der Waals surface area contributed by atoms with Crippen LogP contribution in [-0.4, -0.2) is 67.6 Å². The molecule has 1 amide bonds. The molecule has 0 bridgehead atoms. The van der Waals surface area contributed by atoms with Gasteiger partial charge in [-0.25, -0.2) is 8.42 Å². The summed E-state index contributed by atoms with van der Waals surface area (Å²) in [5.41, 5.74) is 0.361. The van der Waals surface area contributed by atoms with E-state index < -0.39 is 10.0 Å². The molecule has 128 valence electrons. The fraction of sp³-hybridized carbons (Fsp3) is 0.714. The molecule has 0 aliphatic carbocycles. The van der Waals surface area contributed by atoms with Crippen LogP contribution in [0.5, 0.6) is 0 Å². The van der Waals surface area contributed by atoms with Gasteiger partial charge in [0, 0.05) is 32.8 Å². The van der Waals surface area contributed by atoms with E-state index in [1.165, 1.54) is 4.31 Å². The SMILES string of the molecule is Cc1noc(C)c1S(=O)(=O)N1CCN(C(=O)C2CCCO2)CC1. The van der Waals surface area contributed by atoms with E-state index in [1.807, 2.05) is 0 Å². The first-order valence-electron chi connectivity index (χ1n) is 7.74. The van der Waals surface area contributed by atoms with Crippen LogP contribution in [0.4, 0.5) is 0 Å². The second-order valence-electron chi connectivity index (χ2n) is 5.88. The molecule has 8 nitrogen and oxygen atoms in total. The van der Waals surface area contributed by atoms with E-state index in [-0.39, 0.29) is 30.0 Å². The van der Waals surface area contributed by atoms with E-state index in [2.05, 4.69) is 5.16 Å². The summed E-state index contributed by atoms with van der Waals surface area (Å²) in [4.78, 5) is 14.1. The molecule has 1 unspecified atom stereocenters. The van der Waals surface area contributed by atoms with E-state index in [0.717, 1.165) is 12.8 Å². The lowest BCUT2D eigenvalue weighted by Crippen LogP contribution is -2.52. The van der Waals surface area contributed by atoms with E-state index >= 15 is 0 Å². The fourth-order valence-electron chi connectivity index (χ4n) is 3.10. The molecule has 0 saturated carbocycles. The van der Waals surface area contributed by atoms with Gasteiger partial charge in [-0.15, -0.1) is 0 Å². The first-order valence-corrected chi connectivity index (χ1v) is 9.18. The molecule has 23 heavy (non-hydrogen) atoms. The Morgan fingerprint density at radius 2 is 1.91 bits per heavy atom. The van der Waals surface area contributed by atoms with Gasteiger partial charge in [-0.1, -0.05) is 5.16 Å². The van der Waals surface area contributed by atoms with Crippen molar-refractivity contribution >= 4 is 15.9 Å². The molecule has 1 atom stereocenters. The topological polar surface area (TPSA) is 93.0 Å². The van der Waals surface area contributed by atoms with Gasteiger partial charge in [-0.3, -0.25) is 4.79 Å². The molecule has 0 N–H and O–H groups in total. The first-order chi connectivity index (χ1) is 10.9. The second-order valence-corrected chi connectivity index (χ2v) is 7.76. The van der Waals surface area contributed by atoms with Gasteiger partial charge in [0.1, 0.15) is 16.7 Å². The van der Waals surface area contributed by atoms with E-state index in [0.29, 0.717) is 31.2 Å². The van der Waals surface area contributed by atoms with Crippen LogP contribution in [0.1, 0.15) is 24.3 Å². The summed E-state index contributed by atoms with van der Waals surface area (Å²) in [6, 6.07) is 0. The molecule has 1 aromatic rings. The molecule has 0 aromatic carbocycles. The number of carbonyl (C=O) groups excluding carboxylic acids is 1. The van der Waals surface area contributed by atoms with Crippen molar-refractivity contribution in [2.75, 3.05) is 32.8 Å². The minimum Gasteiger partial charge on any atom is -0.368 e. The van der Waals surface area contributed by atoms with Gasteiger partial charge in [0.2, 0.25) is 10.0 Å². The van der Waals surface area contributed by atoms with Crippen LogP contribution in [0.3, 0.4) is 0 Å². The third-order valence-electron chi connectivity index (χ3n) is 4.32. The van der Waals surface area contributed by atoms with Gasteiger partial charge in [0.15, 0.2) is 5.76 Å². The van der Waals surface area contributed by atoms with Crippen LogP contribution in [0.15, 0.2) is 9.42 Å². The zero-order valence-corrected chi connectivity index (χ0v) is 14.1. The van der Waals surface area contributed by atoms with Crippen molar-refractivity contribution in [2.24, 2.45) is 0 Å². The van der Waals surface area contributed by atoms with Crippen LogP contribution < -0.4 is 0 Å². The standard InChI is InChI=1S/C14H21N3O5S/c1-10-13(11(2)22-15-10)23(19,20)17-7-5-16(6-8-17)14(18)12-4-3-9-21-12/h12H,3-9H2,1-2H3. The highest BCUT2D eigenvalue weighted by Crippen LogP contribution is 2.24. The number of amides is 1. The molecule has 0 radical (unpaired) electrons. The Labute approximate surface area is 135 Å². The Morgan fingerprint density at radius 1 is 1.22 bits per heavy atom. The van der Waals surface area contributed by atoms with E-state index in [4.69, 9.17) is 9.26 Å². The quantitative estimate of drug-likeness (QED) is 0.784. The Kier molecular flexibility index (Phi) is 4.43. The van der Waals surface area contributed by atoms with Gasteiger partial charge in [-0.2, -0.15) is 4.31 Å². The third-order valence-corrected chi connectivity index (χ3v) is 6.46. The van der Waals surface area contributed by atoms with E-state index in [1.54, 1.807) is 18.7 Å². The number of piperazine rings is 1. The molecule has 2 aliphatic heterocycles. The highest BCUT2D eigenvalue weighted by atomic mass is 32.2. The summed E-state index contributed by atoms with van der Waals surface area (Å²) in [6.07, 6.45) is 1.29. The number of hydrogen-bond acceptors (Lipinski definition) is 6. The summed E-state index contributed by atoms with van der Waals surface area (Å²) in [5.74, 6) is 0.261. The molecule has 3 heterocycles.